The summed E-state index contributed by atoms with van der Waals surface area (Å²) in [5.41, 5.74) is 4.14. The van der Waals surface area contributed by atoms with Gasteiger partial charge in [-0.05, 0) is 67.1 Å². The Bertz CT molecular complexity index is 1120. The Balaban J connectivity index is 1.46. The molecule has 3 aromatic rings. The van der Waals surface area contributed by atoms with Crippen LogP contribution in [0.25, 0.3) is 0 Å². The largest absolute Gasteiger partial charge is 0.382 e. The maximum atomic E-state index is 13.1. The van der Waals surface area contributed by atoms with Gasteiger partial charge in [0.2, 0.25) is 0 Å². The second-order valence-electron chi connectivity index (χ2n) is 7.67. The molecule has 1 amide bonds. The van der Waals surface area contributed by atoms with Gasteiger partial charge in [-0.15, -0.1) is 0 Å². The average Bonchev–Trinajstić information content (AvgIpc) is 3.45. The summed E-state index contributed by atoms with van der Waals surface area (Å²) < 4.78 is 1.70. The highest BCUT2D eigenvalue weighted by Crippen LogP contribution is 2.39. The number of rotatable bonds is 5. The fraction of sp³-hybridized carbons (Fsp3) is 0.261. The van der Waals surface area contributed by atoms with E-state index >= 15 is 0 Å². The van der Waals surface area contributed by atoms with Crippen LogP contribution >= 0.6 is 0 Å². The number of anilines is 2. The summed E-state index contributed by atoms with van der Waals surface area (Å²) >= 11 is 0. The summed E-state index contributed by atoms with van der Waals surface area (Å²) in [5.74, 6) is -0.405. The monoisotopic (exact) mass is 386 g/mol. The van der Waals surface area contributed by atoms with E-state index < -0.39 is 5.91 Å². The number of nitrogens with zero attached hydrogens (tertiary/aromatic N) is 2. The summed E-state index contributed by atoms with van der Waals surface area (Å²) in [6.07, 6.45) is 9.21. The Morgan fingerprint density at radius 1 is 1.03 bits per heavy atom. The van der Waals surface area contributed by atoms with Crippen LogP contribution in [0.2, 0.25) is 0 Å². The number of hydrogen-bond donors (Lipinski definition) is 2. The number of fused-ring (bicyclic) bond motifs is 1. The molecule has 6 heteroatoms. The smallest absolute Gasteiger partial charge is 0.263 e. The highest BCUT2D eigenvalue weighted by Gasteiger charge is 2.29. The number of nitrogens with one attached hydrogen (secondary N) is 2. The zero-order valence-electron chi connectivity index (χ0n) is 16.0. The molecule has 2 N–H and O–H groups in total. The van der Waals surface area contributed by atoms with Gasteiger partial charge in [0.25, 0.3) is 11.5 Å². The van der Waals surface area contributed by atoms with Crippen molar-refractivity contribution in [2.24, 2.45) is 0 Å². The molecule has 1 aromatic carbocycles. The number of pyridine rings is 2. The van der Waals surface area contributed by atoms with Crippen LogP contribution in [0.3, 0.4) is 0 Å². The second-order valence-corrected chi connectivity index (χ2v) is 7.67. The van der Waals surface area contributed by atoms with Gasteiger partial charge in [-0.1, -0.05) is 12.1 Å². The lowest BCUT2D eigenvalue weighted by Crippen LogP contribution is -2.31. The molecular formula is C23H22N4O2. The minimum absolute atomic E-state index is 0.0490. The van der Waals surface area contributed by atoms with E-state index in [1.54, 1.807) is 47.4 Å². The normalized spacial score (nSPS) is 17.6. The van der Waals surface area contributed by atoms with Gasteiger partial charge in [-0.25, -0.2) is 0 Å². The zero-order valence-corrected chi connectivity index (χ0v) is 16.0. The van der Waals surface area contributed by atoms with E-state index in [2.05, 4.69) is 27.8 Å². The fourth-order valence-electron chi connectivity index (χ4n) is 4.07. The molecule has 0 aliphatic heterocycles. The molecule has 2 heterocycles. The Labute approximate surface area is 168 Å². The average molecular weight is 386 g/mol. The molecule has 1 atom stereocenters. The number of carbonyl (C=O) groups is 1. The molecule has 146 valence electrons. The van der Waals surface area contributed by atoms with E-state index in [-0.39, 0.29) is 17.2 Å². The first-order chi connectivity index (χ1) is 14.2. The predicted molar refractivity (Wildman–Crippen MR) is 112 cm³/mol. The van der Waals surface area contributed by atoms with Gasteiger partial charge in [-0.2, -0.15) is 0 Å². The molecule has 1 unspecified atom stereocenters. The number of carbonyl (C=O) groups excluding carboxylic acids is 1. The van der Waals surface area contributed by atoms with Crippen LogP contribution in [0.5, 0.6) is 0 Å². The molecule has 1 saturated carbocycles. The van der Waals surface area contributed by atoms with E-state index in [1.165, 1.54) is 29.7 Å². The zero-order chi connectivity index (χ0) is 19.8. The molecule has 5 rings (SSSR count). The number of aromatic nitrogens is 2. The van der Waals surface area contributed by atoms with Gasteiger partial charge in [0.05, 0.1) is 6.04 Å². The lowest BCUT2D eigenvalue weighted by atomic mass is 10.1. The molecule has 0 radical (unpaired) electrons. The maximum Gasteiger partial charge on any atom is 0.263 e. The van der Waals surface area contributed by atoms with Gasteiger partial charge in [0, 0.05) is 36.0 Å². The minimum atomic E-state index is -0.405. The molecule has 0 saturated heterocycles. The number of amides is 1. The van der Waals surface area contributed by atoms with Crippen molar-refractivity contribution in [2.75, 3.05) is 10.6 Å². The van der Waals surface area contributed by atoms with Gasteiger partial charge >= 0.3 is 0 Å². The van der Waals surface area contributed by atoms with E-state index in [1.807, 2.05) is 6.07 Å². The number of hydrogen-bond acceptors (Lipinski definition) is 4. The van der Waals surface area contributed by atoms with Crippen molar-refractivity contribution in [2.45, 2.75) is 37.8 Å². The van der Waals surface area contributed by atoms with E-state index in [4.69, 9.17) is 0 Å². The van der Waals surface area contributed by atoms with Crippen LogP contribution < -0.4 is 16.2 Å². The van der Waals surface area contributed by atoms with Gasteiger partial charge in [-0.3, -0.25) is 14.6 Å². The first-order valence-electron chi connectivity index (χ1n) is 10.0. The van der Waals surface area contributed by atoms with Crippen LogP contribution in [-0.2, 0) is 6.42 Å². The Morgan fingerprint density at radius 3 is 2.66 bits per heavy atom. The standard InChI is InChI=1S/C23H22N4O2/c28-22(26-16-10-12-24-13-11-16)19-4-2-14-27(23(19)29)21-9-8-17-18(21)3-1-5-20(17)25-15-6-7-15/h1-5,10-15,21,25H,6-9H2,(H,24,26,28). The quantitative estimate of drug-likeness (QED) is 0.702. The highest BCUT2D eigenvalue weighted by molar-refractivity contribution is 6.03. The first kappa shape index (κ1) is 17.7. The molecule has 2 aliphatic rings. The van der Waals surface area contributed by atoms with Gasteiger partial charge in [0.1, 0.15) is 5.56 Å². The van der Waals surface area contributed by atoms with Crippen molar-refractivity contribution in [3.63, 3.8) is 0 Å². The van der Waals surface area contributed by atoms with E-state index in [9.17, 15) is 9.59 Å². The topological polar surface area (TPSA) is 76.0 Å². The second kappa shape index (κ2) is 7.20. The van der Waals surface area contributed by atoms with Crippen LogP contribution in [0.4, 0.5) is 11.4 Å². The Kier molecular flexibility index (Phi) is 4.39. The maximum absolute atomic E-state index is 13.1. The molecule has 2 aliphatic carbocycles. The Morgan fingerprint density at radius 2 is 1.86 bits per heavy atom. The molecule has 2 aromatic heterocycles. The summed E-state index contributed by atoms with van der Waals surface area (Å²) in [4.78, 5) is 29.8. The lowest BCUT2D eigenvalue weighted by molar-refractivity contribution is 0.102. The third-order valence-electron chi connectivity index (χ3n) is 5.67. The van der Waals surface area contributed by atoms with Crippen molar-refractivity contribution in [3.05, 3.63) is 88.1 Å². The Hall–Kier alpha value is -3.41. The van der Waals surface area contributed by atoms with Gasteiger partial charge < -0.3 is 15.2 Å². The van der Waals surface area contributed by atoms with Crippen molar-refractivity contribution in [1.82, 2.24) is 9.55 Å². The van der Waals surface area contributed by atoms with E-state index in [0.29, 0.717) is 11.7 Å². The molecule has 29 heavy (non-hydrogen) atoms. The van der Waals surface area contributed by atoms with Crippen molar-refractivity contribution in [3.8, 4) is 0 Å². The summed E-state index contributed by atoms with van der Waals surface area (Å²) in [7, 11) is 0. The van der Waals surface area contributed by atoms with Crippen LogP contribution in [0, 0.1) is 0 Å². The van der Waals surface area contributed by atoms with Crippen LogP contribution in [-0.4, -0.2) is 21.5 Å². The third kappa shape index (κ3) is 3.42. The summed E-state index contributed by atoms with van der Waals surface area (Å²) in [5, 5.41) is 6.37. The summed E-state index contributed by atoms with van der Waals surface area (Å²) in [6.45, 7) is 0. The molecule has 0 bridgehead atoms. The van der Waals surface area contributed by atoms with E-state index in [0.717, 1.165) is 12.8 Å². The molecule has 6 nitrogen and oxygen atoms in total. The first-order valence-corrected chi connectivity index (χ1v) is 10.0. The predicted octanol–water partition coefficient (Wildman–Crippen LogP) is 3.61. The highest BCUT2D eigenvalue weighted by atomic mass is 16.2. The van der Waals surface area contributed by atoms with Crippen LogP contribution in [0.15, 0.2) is 65.8 Å². The lowest BCUT2D eigenvalue weighted by Gasteiger charge is -2.17. The SMILES string of the molecule is O=C(Nc1ccncc1)c1cccn(C2CCc3c(NC4CC4)cccc32)c1=O. The minimum Gasteiger partial charge on any atom is -0.382 e. The third-order valence-corrected chi connectivity index (χ3v) is 5.67. The van der Waals surface area contributed by atoms with Crippen molar-refractivity contribution in [1.29, 1.82) is 0 Å². The fourth-order valence-corrected chi connectivity index (χ4v) is 4.07. The summed E-state index contributed by atoms with van der Waals surface area (Å²) in [6, 6.07) is 13.6. The number of benzene rings is 1. The van der Waals surface area contributed by atoms with Crippen LogP contribution in [0.1, 0.15) is 46.8 Å². The molecule has 1 fully saturated rings. The van der Waals surface area contributed by atoms with Gasteiger partial charge in [0.15, 0.2) is 0 Å². The molecular weight excluding hydrogens is 364 g/mol. The molecule has 0 spiro atoms. The van der Waals surface area contributed by atoms with Crippen molar-refractivity contribution >= 4 is 17.3 Å². The van der Waals surface area contributed by atoms with Crippen molar-refractivity contribution < 1.29 is 4.79 Å².